The number of halogens is 1. The van der Waals surface area contributed by atoms with Crippen LogP contribution in [0.2, 0.25) is 5.15 Å². The van der Waals surface area contributed by atoms with Crippen LogP contribution in [-0.2, 0) is 0 Å². The van der Waals surface area contributed by atoms with Crippen molar-refractivity contribution < 1.29 is 4.74 Å². The monoisotopic (exact) mass is 302 g/mol. The average molecular weight is 303 g/mol. The number of methoxy groups -OCH3 is 1. The highest BCUT2D eigenvalue weighted by molar-refractivity contribution is 6.30. The van der Waals surface area contributed by atoms with Crippen LogP contribution in [0, 0.1) is 20.8 Å². The second kappa shape index (κ2) is 5.30. The van der Waals surface area contributed by atoms with E-state index in [1.807, 2.05) is 13.0 Å². The van der Waals surface area contributed by atoms with Crippen LogP contribution in [0.4, 0.5) is 0 Å². The Balaban J connectivity index is 2.24. The quantitative estimate of drug-likeness (QED) is 0.777. The van der Waals surface area contributed by atoms with E-state index in [2.05, 4.69) is 24.9 Å². The standard InChI is InChI=1S/C17H19ClN2O/c1-9-7-10(2)14(13(8-9)21-4)15-11(3)16(18)20-17(19-15)12-5-6-12/h7-8,12H,5-6H2,1-4H3. The highest BCUT2D eigenvalue weighted by Crippen LogP contribution is 2.42. The summed E-state index contributed by atoms with van der Waals surface area (Å²) in [5.74, 6) is 2.17. The zero-order valence-electron chi connectivity index (χ0n) is 12.8. The first-order chi connectivity index (χ1) is 10.0. The van der Waals surface area contributed by atoms with Crippen LogP contribution in [0.15, 0.2) is 12.1 Å². The Kier molecular flexibility index (Phi) is 3.62. The molecule has 1 aromatic heterocycles. The summed E-state index contributed by atoms with van der Waals surface area (Å²) < 4.78 is 5.57. The summed E-state index contributed by atoms with van der Waals surface area (Å²) in [5, 5.41) is 0.545. The van der Waals surface area contributed by atoms with Crippen LogP contribution in [0.1, 0.15) is 41.3 Å². The molecule has 1 aliphatic rings. The topological polar surface area (TPSA) is 35.0 Å². The van der Waals surface area contributed by atoms with E-state index in [0.29, 0.717) is 11.1 Å². The Morgan fingerprint density at radius 3 is 2.48 bits per heavy atom. The third-order valence-corrected chi connectivity index (χ3v) is 4.31. The van der Waals surface area contributed by atoms with Gasteiger partial charge in [0.05, 0.1) is 12.8 Å². The normalized spacial score (nSPS) is 14.3. The molecule has 3 nitrogen and oxygen atoms in total. The number of hydrogen-bond donors (Lipinski definition) is 0. The lowest BCUT2D eigenvalue weighted by Crippen LogP contribution is -2.02. The molecule has 0 saturated heterocycles. The van der Waals surface area contributed by atoms with E-state index in [-0.39, 0.29) is 0 Å². The minimum atomic E-state index is 0.471. The Morgan fingerprint density at radius 2 is 1.86 bits per heavy atom. The number of aromatic nitrogens is 2. The molecule has 110 valence electrons. The van der Waals surface area contributed by atoms with Crippen molar-refractivity contribution in [3.63, 3.8) is 0 Å². The first kappa shape index (κ1) is 14.3. The summed E-state index contributed by atoms with van der Waals surface area (Å²) in [5.41, 5.74) is 5.14. The zero-order chi connectivity index (χ0) is 15.1. The third kappa shape index (κ3) is 2.62. The summed E-state index contributed by atoms with van der Waals surface area (Å²) in [6.07, 6.45) is 2.31. The molecule has 0 atom stereocenters. The maximum absolute atomic E-state index is 6.33. The molecule has 0 unspecified atom stereocenters. The fraction of sp³-hybridized carbons (Fsp3) is 0.412. The lowest BCUT2D eigenvalue weighted by Gasteiger charge is -2.16. The summed E-state index contributed by atoms with van der Waals surface area (Å²) in [6.45, 7) is 6.11. The highest BCUT2D eigenvalue weighted by atomic mass is 35.5. The molecule has 1 heterocycles. The van der Waals surface area contributed by atoms with Crippen molar-refractivity contribution >= 4 is 11.6 Å². The SMILES string of the molecule is COc1cc(C)cc(C)c1-c1nc(C2CC2)nc(Cl)c1C. The summed E-state index contributed by atoms with van der Waals surface area (Å²) in [4.78, 5) is 9.23. The molecular formula is C17H19ClN2O. The first-order valence-corrected chi connectivity index (χ1v) is 7.58. The van der Waals surface area contributed by atoms with Gasteiger partial charge in [-0.05, 0) is 50.8 Å². The molecule has 1 fully saturated rings. The van der Waals surface area contributed by atoms with Crippen LogP contribution < -0.4 is 4.74 Å². The van der Waals surface area contributed by atoms with Crippen molar-refractivity contribution in [2.24, 2.45) is 0 Å². The van der Waals surface area contributed by atoms with E-state index in [4.69, 9.17) is 21.3 Å². The number of rotatable bonds is 3. The second-order valence-electron chi connectivity index (χ2n) is 5.78. The van der Waals surface area contributed by atoms with Gasteiger partial charge >= 0.3 is 0 Å². The van der Waals surface area contributed by atoms with Crippen LogP contribution >= 0.6 is 11.6 Å². The van der Waals surface area contributed by atoms with Gasteiger partial charge in [0.15, 0.2) is 0 Å². The van der Waals surface area contributed by atoms with Crippen molar-refractivity contribution in [3.8, 4) is 17.0 Å². The number of hydrogen-bond acceptors (Lipinski definition) is 3. The molecule has 0 aliphatic heterocycles. The van der Waals surface area contributed by atoms with Crippen molar-refractivity contribution in [2.45, 2.75) is 39.5 Å². The average Bonchev–Trinajstić information content (AvgIpc) is 3.26. The lowest BCUT2D eigenvalue weighted by molar-refractivity contribution is 0.415. The van der Waals surface area contributed by atoms with Crippen molar-refractivity contribution in [1.82, 2.24) is 9.97 Å². The maximum atomic E-state index is 6.33. The fourth-order valence-electron chi connectivity index (χ4n) is 2.67. The lowest BCUT2D eigenvalue weighted by atomic mass is 9.99. The van der Waals surface area contributed by atoms with Gasteiger partial charge in [-0.1, -0.05) is 17.7 Å². The number of aryl methyl sites for hydroxylation is 2. The molecule has 0 bridgehead atoms. The smallest absolute Gasteiger partial charge is 0.136 e. The number of benzene rings is 1. The van der Waals surface area contributed by atoms with Crippen LogP contribution in [0.3, 0.4) is 0 Å². The Labute approximate surface area is 130 Å². The summed E-state index contributed by atoms with van der Waals surface area (Å²) in [6, 6.07) is 4.18. The van der Waals surface area contributed by atoms with Crippen molar-refractivity contribution in [1.29, 1.82) is 0 Å². The molecule has 3 rings (SSSR count). The van der Waals surface area contributed by atoms with Gasteiger partial charge in [-0.2, -0.15) is 0 Å². The zero-order valence-corrected chi connectivity index (χ0v) is 13.6. The molecule has 0 radical (unpaired) electrons. The molecule has 0 amide bonds. The van der Waals surface area contributed by atoms with Gasteiger partial charge < -0.3 is 4.74 Å². The molecule has 2 aromatic rings. The van der Waals surface area contributed by atoms with Crippen LogP contribution in [0.5, 0.6) is 5.75 Å². The van der Waals surface area contributed by atoms with E-state index in [0.717, 1.165) is 46.8 Å². The summed E-state index contributed by atoms with van der Waals surface area (Å²) >= 11 is 6.33. The predicted octanol–water partition coefficient (Wildman–Crippen LogP) is 4.61. The van der Waals surface area contributed by atoms with Gasteiger partial charge in [0.25, 0.3) is 0 Å². The maximum Gasteiger partial charge on any atom is 0.136 e. The van der Waals surface area contributed by atoms with Crippen molar-refractivity contribution in [2.75, 3.05) is 7.11 Å². The molecule has 0 spiro atoms. The number of nitrogens with zero attached hydrogens (tertiary/aromatic N) is 2. The minimum Gasteiger partial charge on any atom is -0.496 e. The van der Waals surface area contributed by atoms with E-state index in [1.54, 1.807) is 7.11 Å². The van der Waals surface area contributed by atoms with E-state index < -0.39 is 0 Å². The predicted molar refractivity (Wildman–Crippen MR) is 85.2 cm³/mol. The van der Waals surface area contributed by atoms with Gasteiger partial charge in [0.1, 0.15) is 16.7 Å². The molecule has 0 N–H and O–H groups in total. The van der Waals surface area contributed by atoms with Crippen molar-refractivity contribution in [3.05, 3.63) is 39.8 Å². The van der Waals surface area contributed by atoms with E-state index >= 15 is 0 Å². The van der Waals surface area contributed by atoms with E-state index in [1.165, 1.54) is 5.56 Å². The largest absolute Gasteiger partial charge is 0.496 e. The minimum absolute atomic E-state index is 0.471. The molecule has 1 aliphatic carbocycles. The van der Waals surface area contributed by atoms with E-state index in [9.17, 15) is 0 Å². The molecule has 1 aromatic carbocycles. The van der Waals surface area contributed by atoms with Gasteiger partial charge in [0.2, 0.25) is 0 Å². The van der Waals surface area contributed by atoms with Crippen LogP contribution in [0.25, 0.3) is 11.3 Å². The Morgan fingerprint density at radius 1 is 1.14 bits per heavy atom. The second-order valence-corrected chi connectivity index (χ2v) is 6.14. The Hall–Kier alpha value is -1.61. The van der Waals surface area contributed by atoms with Gasteiger partial charge in [-0.3, -0.25) is 0 Å². The molecule has 1 saturated carbocycles. The summed E-state index contributed by atoms with van der Waals surface area (Å²) in [7, 11) is 1.69. The molecule has 21 heavy (non-hydrogen) atoms. The Bertz CT molecular complexity index is 708. The van der Waals surface area contributed by atoms with Gasteiger partial charge in [-0.25, -0.2) is 9.97 Å². The highest BCUT2D eigenvalue weighted by Gasteiger charge is 2.29. The molecule has 4 heteroatoms. The molecular weight excluding hydrogens is 284 g/mol. The third-order valence-electron chi connectivity index (χ3n) is 3.95. The first-order valence-electron chi connectivity index (χ1n) is 7.21. The van der Waals surface area contributed by atoms with Gasteiger partial charge in [0, 0.05) is 17.0 Å². The number of ether oxygens (including phenoxy) is 1. The van der Waals surface area contributed by atoms with Gasteiger partial charge in [-0.15, -0.1) is 0 Å². The van der Waals surface area contributed by atoms with Crippen LogP contribution in [-0.4, -0.2) is 17.1 Å². The fourth-order valence-corrected chi connectivity index (χ4v) is 2.84.